The van der Waals surface area contributed by atoms with Gasteiger partial charge in [-0.15, -0.1) is 0 Å². The van der Waals surface area contributed by atoms with Crippen LogP contribution in [0.1, 0.15) is 47.5 Å². The van der Waals surface area contributed by atoms with Gasteiger partial charge in [-0.05, 0) is 34.1 Å². The Bertz CT molecular complexity index is 250. The lowest BCUT2D eigenvalue weighted by atomic mass is 9.84. The number of esters is 1. The van der Waals surface area contributed by atoms with E-state index in [0.717, 1.165) is 12.0 Å². The molecule has 0 aliphatic rings. The Balaban J connectivity index is 4.88. The molecule has 0 rings (SSSR count). The summed E-state index contributed by atoms with van der Waals surface area (Å²) in [4.78, 5) is 11.7. The first-order chi connectivity index (χ1) is 7.35. The fourth-order valence-electron chi connectivity index (χ4n) is 1.87. The third-order valence-corrected chi connectivity index (χ3v) is 2.43. The van der Waals surface area contributed by atoms with E-state index in [0.29, 0.717) is 13.0 Å². The Morgan fingerprint density at radius 1 is 1.44 bits per heavy atom. The van der Waals surface area contributed by atoms with E-state index in [1.54, 1.807) is 19.9 Å². The molecule has 0 saturated heterocycles. The Kier molecular flexibility index (Phi) is 6.34. The van der Waals surface area contributed by atoms with Gasteiger partial charge in [0, 0.05) is 0 Å². The smallest absolute Gasteiger partial charge is 0.312 e. The molecule has 0 aliphatic carbocycles. The van der Waals surface area contributed by atoms with Crippen molar-refractivity contribution in [1.29, 1.82) is 0 Å². The second-order valence-electron chi connectivity index (χ2n) is 4.54. The van der Waals surface area contributed by atoms with Crippen molar-refractivity contribution >= 4 is 5.97 Å². The molecule has 0 aromatic heterocycles. The maximum absolute atomic E-state index is 11.7. The van der Waals surface area contributed by atoms with E-state index in [2.05, 4.69) is 0 Å². The lowest BCUT2D eigenvalue weighted by Crippen LogP contribution is -2.39. The summed E-state index contributed by atoms with van der Waals surface area (Å²) in [5.74, 6) is -0.792. The fraction of sp³-hybridized carbons (Fsp3) is 0.769. The first-order valence-corrected chi connectivity index (χ1v) is 5.90. The quantitative estimate of drug-likeness (QED) is 0.561. The van der Waals surface area contributed by atoms with Crippen molar-refractivity contribution in [1.82, 2.24) is 0 Å². The molecule has 94 valence electrons. The van der Waals surface area contributed by atoms with Crippen LogP contribution in [0, 0.1) is 5.92 Å². The van der Waals surface area contributed by atoms with E-state index < -0.39 is 11.5 Å². The Morgan fingerprint density at radius 2 is 2.00 bits per heavy atom. The van der Waals surface area contributed by atoms with Crippen LogP contribution in [-0.4, -0.2) is 23.3 Å². The van der Waals surface area contributed by atoms with Gasteiger partial charge in [0.15, 0.2) is 0 Å². The SMILES string of the molecule is CCCC(C(=O)OCC)C(C)(O)C=C(C)C. The van der Waals surface area contributed by atoms with Crippen LogP contribution in [0.4, 0.5) is 0 Å². The number of hydrogen-bond acceptors (Lipinski definition) is 3. The van der Waals surface area contributed by atoms with Gasteiger partial charge in [0.25, 0.3) is 0 Å². The minimum atomic E-state index is -1.12. The number of carbonyl (C=O) groups excluding carboxylic acids is 1. The molecule has 3 heteroatoms. The van der Waals surface area contributed by atoms with E-state index in [1.807, 2.05) is 20.8 Å². The lowest BCUT2D eigenvalue weighted by Gasteiger charge is -2.28. The summed E-state index contributed by atoms with van der Waals surface area (Å²) >= 11 is 0. The van der Waals surface area contributed by atoms with Gasteiger partial charge in [0.1, 0.15) is 0 Å². The van der Waals surface area contributed by atoms with Gasteiger partial charge in [-0.3, -0.25) is 4.79 Å². The van der Waals surface area contributed by atoms with E-state index in [-0.39, 0.29) is 5.97 Å². The molecule has 0 heterocycles. The topological polar surface area (TPSA) is 46.5 Å². The molecular formula is C13H24O3. The summed E-state index contributed by atoms with van der Waals surface area (Å²) in [5, 5.41) is 10.3. The van der Waals surface area contributed by atoms with E-state index in [4.69, 9.17) is 4.74 Å². The highest BCUT2D eigenvalue weighted by molar-refractivity contribution is 5.74. The minimum Gasteiger partial charge on any atom is -0.466 e. The second kappa shape index (κ2) is 6.69. The van der Waals surface area contributed by atoms with Crippen LogP contribution in [0.2, 0.25) is 0 Å². The molecule has 1 N–H and O–H groups in total. The maximum atomic E-state index is 11.7. The van der Waals surface area contributed by atoms with Crippen molar-refractivity contribution < 1.29 is 14.6 Å². The van der Waals surface area contributed by atoms with Crippen molar-refractivity contribution in [2.75, 3.05) is 6.61 Å². The molecule has 16 heavy (non-hydrogen) atoms. The van der Waals surface area contributed by atoms with Crippen molar-refractivity contribution in [3.05, 3.63) is 11.6 Å². The van der Waals surface area contributed by atoms with Gasteiger partial charge in [-0.2, -0.15) is 0 Å². The number of hydrogen-bond donors (Lipinski definition) is 1. The van der Waals surface area contributed by atoms with Crippen molar-refractivity contribution in [3.63, 3.8) is 0 Å². The minimum absolute atomic E-state index is 0.313. The monoisotopic (exact) mass is 228 g/mol. The predicted molar refractivity (Wildman–Crippen MR) is 65.1 cm³/mol. The zero-order valence-corrected chi connectivity index (χ0v) is 11.0. The summed E-state index contributed by atoms with van der Waals surface area (Å²) < 4.78 is 5.00. The van der Waals surface area contributed by atoms with Crippen LogP contribution in [0.5, 0.6) is 0 Å². The van der Waals surface area contributed by atoms with Gasteiger partial charge in [-0.25, -0.2) is 0 Å². The zero-order valence-electron chi connectivity index (χ0n) is 11.0. The highest BCUT2D eigenvalue weighted by Crippen LogP contribution is 2.26. The Labute approximate surface area is 98.5 Å². The molecule has 2 atom stereocenters. The lowest BCUT2D eigenvalue weighted by molar-refractivity contribution is -0.155. The van der Waals surface area contributed by atoms with E-state index in [9.17, 15) is 9.90 Å². The molecule has 0 aromatic carbocycles. The number of allylic oxidation sites excluding steroid dienone is 1. The third kappa shape index (κ3) is 4.79. The first kappa shape index (κ1) is 15.2. The second-order valence-corrected chi connectivity index (χ2v) is 4.54. The molecule has 0 aliphatic heterocycles. The number of rotatable bonds is 6. The van der Waals surface area contributed by atoms with Crippen LogP contribution in [0.15, 0.2) is 11.6 Å². The summed E-state index contributed by atoms with van der Waals surface area (Å²) in [6.45, 7) is 9.59. The zero-order chi connectivity index (χ0) is 12.8. The average molecular weight is 228 g/mol. The van der Waals surface area contributed by atoms with Crippen LogP contribution in [-0.2, 0) is 9.53 Å². The standard InChI is InChI=1S/C13H24O3/c1-6-8-11(12(14)16-7-2)13(5,15)9-10(3)4/h9,11,15H,6-8H2,1-5H3. The van der Waals surface area contributed by atoms with Crippen molar-refractivity contribution in [2.45, 2.75) is 53.1 Å². The maximum Gasteiger partial charge on any atom is 0.312 e. The van der Waals surface area contributed by atoms with Gasteiger partial charge in [-0.1, -0.05) is 25.0 Å². The largest absolute Gasteiger partial charge is 0.466 e. The predicted octanol–water partition coefficient (Wildman–Crippen LogP) is 2.68. The molecule has 0 radical (unpaired) electrons. The highest BCUT2D eigenvalue weighted by atomic mass is 16.5. The normalized spacial score (nSPS) is 16.1. The van der Waals surface area contributed by atoms with Gasteiger partial charge in [0.2, 0.25) is 0 Å². The summed E-state index contributed by atoms with van der Waals surface area (Å²) in [6, 6.07) is 0. The number of carbonyl (C=O) groups is 1. The van der Waals surface area contributed by atoms with Crippen LogP contribution in [0.25, 0.3) is 0 Å². The van der Waals surface area contributed by atoms with Gasteiger partial charge in [0.05, 0.1) is 18.1 Å². The molecule has 0 bridgehead atoms. The van der Waals surface area contributed by atoms with Gasteiger partial charge >= 0.3 is 5.97 Å². The summed E-state index contributed by atoms with van der Waals surface area (Å²) in [7, 11) is 0. The first-order valence-electron chi connectivity index (χ1n) is 5.90. The van der Waals surface area contributed by atoms with E-state index in [1.165, 1.54) is 0 Å². The molecule has 2 unspecified atom stereocenters. The Morgan fingerprint density at radius 3 is 2.38 bits per heavy atom. The van der Waals surface area contributed by atoms with E-state index >= 15 is 0 Å². The average Bonchev–Trinajstić information content (AvgIpc) is 2.11. The van der Waals surface area contributed by atoms with Gasteiger partial charge < -0.3 is 9.84 Å². The van der Waals surface area contributed by atoms with Crippen LogP contribution in [0.3, 0.4) is 0 Å². The number of aliphatic hydroxyl groups is 1. The molecule has 0 saturated carbocycles. The van der Waals surface area contributed by atoms with Crippen molar-refractivity contribution in [2.24, 2.45) is 5.92 Å². The Hall–Kier alpha value is -0.830. The fourth-order valence-corrected chi connectivity index (χ4v) is 1.87. The number of ether oxygens (including phenoxy) is 1. The summed E-state index contributed by atoms with van der Waals surface area (Å²) in [6.07, 6.45) is 3.20. The molecule has 0 fully saturated rings. The molecular weight excluding hydrogens is 204 g/mol. The van der Waals surface area contributed by atoms with Crippen LogP contribution < -0.4 is 0 Å². The highest BCUT2D eigenvalue weighted by Gasteiger charge is 2.35. The van der Waals surface area contributed by atoms with Crippen molar-refractivity contribution in [3.8, 4) is 0 Å². The van der Waals surface area contributed by atoms with Crippen LogP contribution >= 0.6 is 0 Å². The third-order valence-electron chi connectivity index (χ3n) is 2.43. The molecule has 3 nitrogen and oxygen atoms in total. The molecule has 0 amide bonds. The molecule has 0 spiro atoms. The molecule has 0 aromatic rings. The summed E-state index contributed by atoms with van der Waals surface area (Å²) in [5.41, 5.74) is -0.128.